The summed E-state index contributed by atoms with van der Waals surface area (Å²) in [6.45, 7) is 4.14. The maximum atomic E-state index is 10.9. The first-order chi connectivity index (χ1) is 12.0. The van der Waals surface area contributed by atoms with E-state index in [4.69, 9.17) is 0 Å². The van der Waals surface area contributed by atoms with Crippen LogP contribution >= 0.6 is 0 Å². The fraction of sp³-hybridized carbons (Fsp3) is 0.111. The number of aromatic nitrogens is 4. The lowest BCUT2D eigenvalue weighted by molar-refractivity contribution is -0.384. The predicted octanol–water partition coefficient (Wildman–Crippen LogP) is 4.15. The third-order valence-corrected chi connectivity index (χ3v) is 4.31. The molecule has 0 radical (unpaired) electrons. The zero-order valence-electron chi connectivity index (χ0n) is 13.7. The van der Waals surface area contributed by atoms with Gasteiger partial charge in [0.25, 0.3) is 5.69 Å². The van der Waals surface area contributed by atoms with Crippen molar-refractivity contribution < 1.29 is 4.92 Å². The summed E-state index contributed by atoms with van der Waals surface area (Å²) in [4.78, 5) is 18.0. The predicted molar refractivity (Wildman–Crippen MR) is 95.2 cm³/mol. The number of nitro benzene ring substituents is 1. The molecule has 0 spiro atoms. The Morgan fingerprint density at radius 1 is 1.04 bits per heavy atom. The molecule has 0 aliphatic heterocycles. The number of fused-ring (bicyclic) bond motifs is 1. The number of aromatic amines is 2. The molecule has 0 fully saturated rings. The minimum absolute atomic E-state index is 0.0194. The molecule has 4 rings (SSSR count). The van der Waals surface area contributed by atoms with Crippen molar-refractivity contribution >= 4 is 16.7 Å². The number of rotatable bonds is 3. The average molecular weight is 333 g/mol. The minimum Gasteiger partial charge on any atom is -0.337 e. The topological polar surface area (TPSA) is 100 Å². The second kappa shape index (κ2) is 5.55. The molecule has 0 atom stereocenters. The molecule has 4 aromatic rings. The van der Waals surface area contributed by atoms with Crippen LogP contribution in [-0.4, -0.2) is 25.1 Å². The van der Waals surface area contributed by atoms with Crippen LogP contribution in [0.25, 0.3) is 33.8 Å². The van der Waals surface area contributed by atoms with Crippen LogP contribution in [-0.2, 0) is 0 Å². The lowest BCUT2D eigenvalue weighted by Gasteiger charge is -2.01. The van der Waals surface area contributed by atoms with Crippen molar-refractivity contribution in [2.75, 3.05) is 0 Å². The molecule has 0 bridgehead atoms. The van der Waals surface area contributed by atoms with E-state index >= 15 is 0 Å². The first-order valence-electron chi connectivity index (χ1n) is 7.79. The first-order valence-corrected chi connectivity index (χ1v) is 7.79. The molecule has 0 saturated carbocycles. The molecule has 0 saturated heterocycles. The van der Waals surface area contributed by atoms with Crippen molar-refractivity contribution in [3.63, 3.8) is 0 Å². The van der Waals surface area contributed by atoms with Crippen LogP contribution in [0.2, 0.25) is 0 Å². The molecular formula is C18H15N5O2. The Hall–Kier alpha value is -3.48. The van der Waals surface area contributed by atoms with Crippen LogP contribution in [0, 0.1) is 24.0 Å². The molecule has 124 valence electrons. The number of nitrogens with zero attached hydrogens (tertiary/aromatic N) is 3. The van der Waals surface area contributed by atoms with Gasteiger partial charge in [0.05, 0.1) is 21.7 Å². The van der Waals surface area contributed by atoms with Crippen LogP contribution in [0.3, 0.4) is 0 Å². The van der Waals surface area contributed by atoms with E-state index in [1.807, 2.05) is 12.1 Å². The highest BCUT2D eigenvalue weighted by Gasteiger charge is 2.13. The quantitative estimate of drug-likeness (QED) is 0.434. The summed E-state index contributed by atoms with van der Waals surface area (Å²) in [6.07, 6.45) is 0. The minimum atomic E-state index is -0.429. The summed E-state index contributed by atoms with van der Waals surface area (Å²) < 4.78 is 0. The molecule has 2 aromatic heterocycles. The summed E-state index contributed by atoms with van der Waals surface area (Å²) in [5, 5.41) is 18.2. The van der Waals surface area contributed by atoms with Crippen molar-refractivity contribution in [2.24, 2.45) is 0 Å². The fourth-order valence-electron chi connectivity index (χ4n) is 2.73. The molecule has 0 aliphatic rings. The Bertz CT molecular complexity index is 1110. The third kappa shape index (κ3) is 2.65. The van der Waals surface area contributed by atoms with Crippen molar-refractivity contribution in [3.05, 3.63) is 63.7 Å². The number of imidazole rings is 1. The normalized spacial score (nSPS) is 11.1. The largest absolute Gasteiger partial charge is 0.337 e. The summed E-state index contributed by atoms with van der Waals surface area (Å²) in [5.74, 6) is 0.595. The van der Waals surface area contributed by atoms with E-state index in [2.05, 4.69) is 46.1 Å². The van der Waals surface area contributed by atoms with Gasteiger partial charge in [-0.25, -0.2) is 4.98 Å². The summed E-state index contributed by atoms with van der Waals surface area (Å²) in [6, 6.07) is 12.7. The van der Waals surface area contributed by atoms with Gasteiger partial charge >= 0.3 is 0 Å². The van der Waals surface area contributed by atoms with Crippen LogP contribution in [0.4, 0.5) is 5.69 Å². The maximum absolute atomic E-state index is 10.9. The molecular weight excluding hydrogens is 318 g/mol. The van der Waals surface area contributed by atoms with Gasteiger partial charge in [-0.05, 0) is 43.2 Å². The SMILES string of the molecule is Cc1ccc(-c2cc(-c3nc4cc([N+](=O)[O-])ccc4[nH]3)[nH]n2)cc1C. The number of hydrogen-bond donors (Lipinski definition) is 2. The molecule has 0 aliphatic carbocycles. The highest BCUT2D eigenvalue weighted by Crippen LogP contribution is 2.26. The fourth-order valence-corrected chi connectivity index (χ4v) is 2.73. The highest BCUT2D eigenvalue weighted by molar-refractivity contribution is 5.81. The van der Waals surface area contributed by atoms with E-state index in [-0.39, 0.29) is 5.69 Å². The van der Waals surface area contributed by atoms with E-state index < -0.39 is 4.92 Å². The lowest BCUT2D eigenvalue weighted by Crippen LogP contribution is -1.86. The van der Waals surface area contributed by atoms with Crippen molar-refractivity contribution in [2.45, 2.75) is 13.8 Å². The number of hydrogen-bond acceptors (Lipinski definition) is 4. The van der Waals surface area contributed by atoms with Gasteiger partial charge in [-0.15, -0.1) is 0 Å². The van der Waals surface area contributed by atoms with Gasteiger partial charge in [-0.3, -0.25) is 15.2 Å². The monoisotopic (exact) mass is 333 g/mol. The Kier molecular flexibility index (Phi) is 3.35. The summed E-state index contributed by atoms with van der Waals surface area (Å²) in [5.41, 5.74) is 6.32. The van der Waals surface area contributed by atoms with Gasteiger partial charge in [0.1, 0.15) is 5.69 Å². The number of non-ortho nitro benzene ring substituents is 1. The molecule has 0 amide bonds. The number of nitrogens with one attached hydrogen (secondary N) is 2. The summed E-state index contributed by atoms with van der Waals surface area (Å²) >= 11 is 0. The van der Waals surface area contributed by atoms with Crippen LogP contribution in [0.1, 0.15) is 11.1 Å². The molecule has 2 aromatic carbocycles. The molecule has 25 heavy (non-hydrogen) atoms. The molecule has 0 unspecified atom stereocenters. The smallest absolute Gasteiger partial charge is 0.271 e. The first kappa shape index (κ1) is 15.1. The van der Waals surface area contributed by atoms with Crippen molar-refractivity contribution in [1.29, 1.82) is 0 Å². The number of aryl methyl sites for hydroxylation is 2. The Balaban J connectivity index is 1.73. The van der Waals surface area contributed by atoms with Gasteiger partial charge in [0, 0.05) is 17.7 Å². The molecule has 2 heterocycles. The van der Waals surface area contributed by atoms with Gasteiger partial charge in [0.2, 0.25) is 0 Å². The van der Waals surface area contributed by atoms with E-state index in [1.165, 1.54) is 23.3 Å². The highest BCUT2D eigenvalue weighted by atomic mass is 16.6. The van der Waals surface area contributed by atoms with Crippen LogP contribution in [0.15, 0.2) is 42.5 Å². The van der Waals surface area contributed by atoms with Gasteiger partial charge in [0.15, 0.2) is 5.82 Å². The second-order valence-electron chi connectivity index (χ2n) is 6.01. The average Bonchev–Trinajstić information content (AvgIpc) is 3.22. The van der Waals surface area contributed by atoms with E-state index in [0.29, 0.717) is 11.3 Å². The lowest BCUT2D eigenvalue weighted by atomic mass is 10.0. The van der Waals surface area contributed by atoms with Crippen LogP contribution < -0.4 is 0 Å². The number of benzene rings is 2. The second-order valence-corrected chi connectivity index (χ2v) is 6.01. The van der Waals surface area contributed by atoms with E-state index in [9.17, 15) is 10.1 Å². The Labute approximate surface area is 142 Å². The zero-order valence-corrected chi connectivity index (χ0v) is 13.7. The van der Waals surface area contributed by atoms with Gasteiger partial charge in [-0.1, -0.05) is 12.1 Å². The number of H-pyrrole nitrogens is 2. The van der Waals surface area contributed by atoms with E-state index in [1.54, 1.807) is 6.07 Å². The molecule has 2 N–H and O–H groups in total. The zero-order chi connectivity index (χ0) is 17.6. The Morgan fingerprint density at radius 2 is 1.88 bits per heavy atom. The third-order valence-electron chi connectivity index (χ3n) is 4.31. The van der Waals surface area contributed by atoms with Crippen molar-refractivity contribution in [1.82, 2.24) is 20.2 Å². The Morgan fingerprint density at radius 3 is 2.64 bits per heavy atom. The van der Waals surface area contributed by atoms with E-state index in [0.717, 1.165) is 22.5 Å². The molecule has 7 nitrogen and oxygen atoms in total. The summed E-state index contributed by atoms with van der Waals surface area (Å²) in [7, 11) is 0. The van der Waals surface area contributed by atoms with Gasteiger partial charge in [-0.2, -0.15) is 5.10 Å². The maximum Gasteiger partial charge on any atom is 0.271 e. The van der Waals surface area contributed by atoms with Gasteiger partial charge < -0.3 is 4.98 Å². The molecule has 7 heteroatoms. The van der Waals surface area contributed by atoms with Crippen LogP contribution in [0.5, 0.6) is 0 Å². The standard InChI is InChI=1S/C18H15N5O2/c1-10-3-4-12(7-11(10)2)15-9-17(22-21-15)18-19-14-6-5-13(23(24)25)8-16(14)20-18/h3-9H,1-2H3,(H,19,20)(H,21,22). The van der Waals surface area contributed by atoms with Crippen molar-refractivity contribution in [3.8, 4) is 22.8 Å². The number of nitro groups is 1.